The molecular formula is C25H32. The molecule has 1 aliphatic carbocycles. The van der Waals surface area contributed by atoms with E-state index >= 15 is 0 Å². The normalized spacial score (nSPS) is 14.3. The third-order valence-electron chi connectivity index (χ3n) is 5.72. The summed E-state index contributed by atoms with van der Waals surface area (Å²) in [4.78, 5) is 0. The van der Waals surface area contributed by atoms with E-state index in [0.29, 0.717) is 5.92 Å². The van der Waals surface area contributed by atoms with Crippen LogP contribution < -0.4 is 0 Å². The minimum Gasteiger partial charge on any atom is -0.0654 e. The van der Waals surface area contributed by atoms with Gasteiger partial charge in [0.1, 0.15) is 0 Å². The lowest BCUT2D eigenvalue weighted by atomic mass is 9.93. The number of benzene rings is 2. The van der Waals surface area contributed by atoms with Crippen molar-refractivity contribution >= 4 is 6.08 Å². The largest absolute Gasteiger partial charge is 0.0654 e. The van der Waals surface area contributed by atoms with Gasteiger partial charge in [-0.1, -0.05) is 94.1 Å². The number of hydrogen-bond donors (Lipinski definition) is 0. The maximum atomic E-state index is 2.47. The van der Waals surface area contributed by atoms with Crippen molar-refractivity contribution in [1.29, 1.82) is 0 Å². The van der Waals surface area contributed by atoms with Gasteiger partial charge >= 0.3 is 0 Å². The Bertz CT molecular complexity index is 718. The summed E-state index contributed by atoms with van der Waals surface area (Å²) in [6.07, 6.45) is 11.5. The van der Waals surface area contributed by atoms with Crippen molar-refractivity contribution in [3.63, 3.8) is 0 Å². The minimum absolute atomic E-state index is 0.644. The Labute approximate surface area is 154 Å². The highest BCUT2D eigenvalue weighted by molar-refractivity contribution is 5.80. The Balaban J connectivity index is 1.79. The summed E-state index contributed by atoms with van der Waals surface area (Å²) < 4.78 is 0. The first-order valence-corrected chi connectivity index (χ1v) is 10.1. The van der Waals surface area contributed by atoms with Crippen molar-refractivity contribution in [3.05, 3.63) is 64.7 Å². The number of unbranched alkanes of at least 4 members (excludes halogenated alkanes) is 3. The van der Waals surface area contributed by atoms with Crippen LogP contribution >= 0.6 is 0 Å². The van der Waals surface area contributed by atoms with Gasteiger partial charge in [0.05, 0.1) is 0 Å². The van der Waals surface area contributed by atoms with Crippen LogP contribution in [0.3, 0.4) is 0 Å². The van der Waals surface area contributed by atoms with Crippen LogP contribution in [0.5, 0.6) is 0 Å². The lowest BCUT2D eigenvalue weighted by molar-refractivity contribution is 0.662. The Morgan fingerprint density at radius 2 is 1.72 bits per heavy atom. The molecule has 0 saturated heterocycles. The fourth-order valence-electron chi connectivity index (χ4n) is 3.86. The summed E-state index contributed by atoms with van der Waals surface area (Å²) in [7, 11) is 0. The van der Waals surface area contributed by atoms with Gasteiger partial charge in [-0.15, -0.1) is 0 Å². The van der Waals surface area contributed by atoms with E-state index in [1.54, 1.807) is 5.57 Å². The zero-order valence-corrected chi connectivity index (χ0v) is 16.1. The molecule has 0 aromatic heterocycles. The minimum atomic E-state index is 0.644. The molecule has 0 heterocycles. The maximum absolute atomic E-state index is 2.47. The second kappa shape index (κ2) is 8.52. The zero-order valence-electron chi connectivity index (χ0n) is 16.1. The molecular weight excluding hydrogens is 300 g/mol. The lowest BCUT2D eigenvalue weighted by Crippen LogP contribution is -1.92. The molecule has 0 N–H and O–H groups in total. The quantitative estimate of drug-likeness (QED) is 0.433. The molecule has 2 aromatic carbocycles. The molecule has 3 rings (SSSR count). The number of rotatable bonds is 8. The highest BCUT2D eigenvalue weighted by atomic mass is 14.2. The molecule has 0 saturated carbocycles. The summed E-state index contributed by atoms with van der Waals surface area (Å²) in [5.74, 6) is 0.644. The summed E-state index contributed by atoms with van der Waals surface area (Å²) in [6, 6.07) is 16.1. The summed E-state index contributed by atoms with van der Waals surface area (Å²) in [6.45, 7) is 6.85. The predicted molar refractivity (Wildman–Crippen MR) is 111 cm³/mol. The second-order valence-electron chi connectivity index (χ2n) is 7.60. The molecule has 0 radical (unpaired) electrons. The van der Waals surface area contributed by atoms with Crippen LogP contribution in [0.15, 0.2) is 48.0 Å². The second-order valence-corrected chi connectivity index (χ2v) is 7.60. The number of fused-ring (bicyclic) bond motifs is 1. The van der Waals surface area contributed by atoms with E-state index in [-0.39, 0.29) is 0 Å². The van der Waals surface area contributed by atoms with Crippen molar-refractivity contribution in [2.45, 2.75) is 71.6 Å². The summed E-state index contributed by atoms with van der Waals surface area (Å²) >= 11 is 0. The van der Waals surface area contributed by atoms with Gasteiger partial charge in [-0.25, -0.2) is 0 Å². The van der Waals surface area contributed by atoms with Gasteiger partial charge in [0, 0.05) is 0 Å². The van der Waals surface area contributed by atoms with Crippen LogP contribution in [-0.4, -0.2) is 0 Å². The zero-order chi connectivity index (χ0) is 17.6. The monoisotopic (exact) mass is 332 g/mol. The molecule has 0 aliphatic heterocycles. The number of allylic oxidation sites excluding steroid dienone is 1. The number of hydrogen-bond acceptors (Lipinski definition) is 0. The molecule has 0 fully saturated rings. The van der Waals surface area contributed by atoms with Gasteiger partial charge < -0.3 is 0 Å². The van der Waals surface area contributed by atoms with E-state index in [4.69, 9.17) is 0 Å². The van der Waals surface area contributed by atoms with Gasteiger partial charge in [-0.05, 0) is 59.4 Å². The van der Waals surface area contributed by atoms with Crippen molar-refractivity contribution < 1.29 is 0 Å². The van der Waals surface area contributed by atoms with Crippen LogP contribution in [0, 0.1) is 0 Å². The molecule has 1 unspecified atom stereocenters. The molecule has 2 aromatic rings. The molecule has 0 spiro atoms. The fraction of sp³-hybridized carbons (Fsp3) is 0.440. The van der Waals surface area contributed by atoms with Crippen LogP contribution in [-0.2, 0) is 6.42 Å². The van der Waals surface area contributed by atoms with Crippen LogP contribution in [0.1, 0.15) is 81.9 Å². The molecule has 0 heteroatoms. The molecule has 0 amide bonds. The first-order chi connectivity index (χ1) is 12.2. The van der Waals surface area contributed by atoms with E-state index in [9.17, 15) is 0 Å². The first kappa shape index (κ1) is 18.0. The molecule has 0 bridgehead atoms. The molecule has 1 atom stereocenters. The van der Waals surface area contributed by atoms with E-state index in [1.807, 2.05) is 0 Å². The SMILES string of the molecule is CCCCCCC1=Cc2c(cccc2-c2ccc(C(C)CC)cc2)C1. The summed E-state index contributed by atoms with van der Waals surface area (Å²) in [5.41, 5.74) is 8.79. The van der Waals surface area contributed by atoms with Gasteiger partial charge in [0.2, 0.25) is 0 Å². The maximum Gasteiger partial charge on any atom is -0.00576 e. The first-order valence-electron chi connectivity index (χ1n) is 10.1. The highest BCUT2D eigenvalue weighted by Gasteiger charge is 2.16. The fourth-order valence-corrected chi connectivity index (χ4v) is 3.86. The Kier molecular flexibility index (Phi) is 6.13. The third kappa shape index (κ3) is 4.24. The Morgan fingerprint density at radius 3 is 2.44 bits per heavy atom. The van der Waals surface area contributed by atoms with Gasteiger partial charge in [0.15, 0.2) is 0 Å². The van der Waals surface area contributed by atoms with Crippen LogP contribution in [0.4, 0.5) is 0 Å². The smallest absolute Gasteiger partial charge is 0.00576 e. The van der Waals surface area contributed by atoms with E-state index in [2.05, 4.69) is 69.3 Å². The van der Waals surface area contributed by atoms with Crippen molar-refractivity contribution in [2.75, 3.05) is 0 Å². The van der Waals surface area contributed by atoms with Crippen molar-refractivity contribution in [2.24, 2.45) is 0 Å². The van der Waals surface area contributed by atoms with Gasteiger partial charge in [0.25, 0.3) is 0 Å². The van der Waals surface area contributed by atoms with Crippen molar-refractivity contribution in [1.82, 2.24) is 0 Å². The van der Waals surface area contributed by atoms with E-state index in [1.165, 1.54) is 66.3 Å². The standard InChI is InChI=1S/C25H32/c1-4-6-7-8-10-20-17-23-11-9-12-24(25(23)18-20)22-15-13-21(14-16-22)19(3)5-2/h9,11-16,18-19H,4-8,10,17H2,1-3H3. The summed E-state index contributed by atoms with van der Waals surface area (Å²) in [5, 5.41) is 0. The van der Waals surface area contributed by atoms with Crippen LogP contribution in [0.2, 0.25) is 0 Å². The average Bonchev–Trinajstić information content (AvgIpc) is 3.07. The van der Waals surface area contributed by atoms with Crippen LogP contribution in [0.25, 0.3) is 17.2 Å². The lowest BCUT2D eigenvalue weighted by Gasteiger charge is -2.12. The molecule has 132 valence electrons. The Morgan fingerprint density at radius 1 is 0.920 bits per heavy atom. The van der Waals surface area contributed by atoms with Gasteiger partial charge in [-0.3, -0.25) is 0 Å². The Hall–Kier alpha value is -1.82. The van der Waals surface area contributed by atoms with Crippen molar-refractivity contribution in [3.8, 4) is 11.1 Å². The molecule has 25 heavy (non-hydrogen) atoms. The topological polar surface area (TPSA) is 0 Å². The van der Waals surface area contributed by atoms with E-state index in [0.717, 1.165) is 6.42 Å². The van der Waals surface area contributed by atoms with E-state index < -0.39 is 0 Å². The average molecular weight is 333 g/mol. The third-order valence-corrected chi connectivity index (χ3v) is 5.72. The molecule has 1 aliphatic rings. The predicted octanol–water partition coefficient (Wildman–Crippen LogP) is 7.78. The van der Waals surface area contributed by atoms with Gasteiger partial charge in [-0.2, -0.15) is 0 Å². The molecule has 0 nitrogen and oxygen atoms in total. The highest BCUT2D eigenvalue weighted by Crippen LogP contribution is 2.36.